The summed E-state index contributed by atoms with van der Waals surface area (Å²) in [6.45, 7) is 0. The van der Waals surface area contributed by atoms with Crippen molar-refractivity contribution in [3.8, 4) is 0 Å². The number of halogens is 4. The predicted octanol–water partition coefficient (Wildman–Crippen LogP) is 2.61. The number of benzene rings is 1. The second-order valence-corrected chi connectivity index (χ2v) is 5.60. The Morgan fingerprint density at radius 2 is 1.79 bits per heavy atom. The molecule has 1 unspecified atom stereocenters. The Kier molecular flexibility index (Phi) is 4.30. The van der Waals surface area contributed by atoms with Crippen molar-refractivity contribution in [2.75, 3.05) is 5.88 Å². The van der Waals surface area contributed by atoms with Gasteiger partial charge in [-0.05, 0) is 0 Å². The van der Waals surface area contributed by atoms with Gasteiger partial charge in [-0.3, -0.25) is 0 Å². The maximum absolute atomic E-state index is 12.3. The minimum absolute atomic E-state index is 0.363. The molecule has 0 spiro atoms. The third-order valence-corrected chi connectivity index (χ3v) is 4.90. The summed E-state index contributed by atoms with van der Waals surface area (Å²) in [5.74, 6) is -0.363. The zero-order valence-electron chi connectivity index (χ0n) is 7.09. The first kappa shape index (κ1) is 11.9. The Hall–Kier alpha value is -0.181. The molecule has 0 bridgehead atoms. The summed E-state index contributed by atoms with van der Waals surface area (Å²) in [4.78, 5) is -1.39. The average molecular weight is 288 g/mol. The quantitative estimate of drug-likeness (QED) is 0.592. The molecule has 0 nitrogen and oxygen atoms in total. The summed E-state index contributed by atoms with van der Waals surface area (Å²) in [6.07, 6.45) is -4.18. The molecule has 1 atom stereocenters. The van der Waals surface area contributed by atoms with Gasteiger partial charge in [0, 0.05) is 0 Å². The van der Waals surface area contributed by atoms with Crippen molar-refractivity contribution in [2.24, 2.45) is 0 Å². The van der Waals surface area contributed by atoms with Crippen LogP contribution in [0.15, 0.2) is 30.3 Å². The van der Waals surface area contributed by atoms with Crippen LogP contribution in [0.4, 0.5) is 13.2 Å². The molecule has 0 aliphatic heterocycles. The molecule has 1 rings (SSSR count). The molecule has 14 heavy (non-hydrogen) atoms. The van der Waals surface area contributed by atoms with Gasteiger partial charge in [-0.2, -0.15) is 0 Å². The first-order chi connectivity index (χ1) is 6.54. The van der Waals surface area contributed by atoms with Gasteiger partial charge in [-0.15, -0.1) is 0 Å². The molecule has 78 valence electrons. The van der Waals surface area contributed by atoms with E-state index in [0.29, 0.717) is 0 Å². The Bertz CT molecular complexity index is 273. The SMILES string of the molecule is FC(F)(F)C(CCl)[Se]c1ccccc1. The molecular formula is C9H8ClF3Se. The van der Waals surface area contributed by atoms with Crippen LogP contribution in [0.3, 0.4) is 0 Å². The summed E-state index contributed by atoms with van der Waals surface area (Å²) < 4.78 is 37.7. The van der Waals surface area contributed by atoms with E-state index in [-0.39, 0.29) is 5.88 Å². The molecule has 1 aromatic carbocycles. The van der Waals surface area contributed by atoms with Crippen molar-refractivity contribution in [2.45, 2.75) is 11.0 Å². The molecule has 0 saturated carbocycles. The molecule has 0 fully saturated rings. The van der Waals surface area contributed by atoms with E-state index >= 15 is 0 Å². The molecule has 1 aromatic rings. The van der Waals surface area contributed by atoms with E-state index in [1.165, 1.54) is 0 Å². The average Bonchev–Trinajstić information content (AvgIpc) is 2.14. The molecular weight excluding hydrogens is 280 g/mol. The van der Waals surface area contributed by atoms with E-state index in [0.717, 1.165) is 4.46 Å². The Balaban J connectivity index is 2.67. The number of rotatable bonds is 3. The minimum atomic E-state index is -4.18. The molecule has 0 amide bonds. The molecule has 0 heterocycles. The molecule has 0 aliphatic carbocycles. The Morgan fingerprint density at radius 1 is 1.21 bits per heavy atom. The zero-order chi connectivity index (χ0) is 10.6. The van der Waals surface area contributed by atoms with Crippen LogP contribution in [-0.4, -0.2) is 27.0 Å². The number of alkyl halides is 4. The van der Waals surface area contributed by atoms with Crippen LogP contribution in [0.2, 0.25) is 4.82 Å². The van der Waals surface area contributed by atoms with Crippen LogP contribution in [0.1, 0.15) is 0 Å². The third-order valence-electron chi connectivity index (χ3n) is 1.53. The van der Waals surface area contributed by atoms with E-state index in [9.17, 15) is 13.2 Å². The number of hydrogen-bond donors (Lipinski definition) is 0. The van der Waals surface area contributed by atoms with Crippen LogP contribution in [0.25, 0.3) is 0 Å². The van der Waals surface area contributed by atoms with Crippen LogP contribution in [0, 0.1) is 0 Å². The molecule has 0 aromatic heterocycles. The fraction of sp³-hybridized carbons (Fsp3) is 0.333. The van der Waals surface area contributed by atoms with Crippen molar-refractivity contribution < 1.29 is 13.2 Å². The van der Waals surface area contributed by atoms with Crippen LogP contribution in [0.5, 0.6) is 0 Å². The van der Waals surface area contributed by atoms with E-state index in [1.807, 2.05) is 0 Å². The molecule has 0 aliphatic rings. The van der Waals surface area contributed by atoms with E-state index in [2.05, 4.69) is 0 Å². The maximum atomic E-state index is 12.3. The van der Waals surface area contributed by atoms with Gasteiger partial charge < -0.3 is 0 Å². The summed E-state index contributed by atoms with van der Waals surface area (Å²) in [5.41, 5.74) is 0. The molecule has 0 N–H and O–H groups in total. The third kappa shape index (κ3) is 3.52. The standard InChI is InChI=1S/C9H8ClF3Se/c10-6-8(9(11,12)13)14-7-4-2-1-3-5-7/h1-5,8H,6H2. The second kappa shape index (κ2) is 5.06. The molecule has 0 saturated heterocycles. The summed E-state index contributed by atoms with van der Waals surface area (Å²) in [7, 11) is 0. The molecule has 0 radical (unpaired) electrons. The number of hydrogen-bond acceptors (Lipinski definition) is 0. The van der Waals surface area contributed by atoms with E-state index in [1.54, 1.807) is 30.3 Å². The van der Waals surface area contributed by atoms with Crippen LogP contribution >= 0.6 is 11.6 Å². The summed E-state index contributed by atoms with van der Waals surface area (Å²) >= 11 is 4.66. The van der Waals surface area contributed by atoms with Gasteiger partial charge in [-0.25, -0.2) is 0 Å². The van der Waals surface area contributed by atoms with Crippen molar-refractivity contribution >= 4 is 31.0 Å². The summed E-state index contributed by atoms with van der Waals surface area (Å²) in [6, 6.07) is 8.65. The van der Waals surface area contributed by atoms with Gasteiger partial charge >= 0.3 is 91.4 Å². The van der Waals surface area contributed by atoms with Crippen molar-refractivity contribution in [3.63, 3.8) is 0 Å². The van der Waals surface area contributed by atoms with Gasteiger partial charge in [0.1, 0.15) is 0 Å². The van der Waals surface area contributed by atoms with Gasteiger partial charge in [0.05, 0.1) is 0 Å². The second-order valence-electron chi connectivity index (χ2n) is 2.62. The Morgan fingerprint density at radius 3 is 2.21 bits per heavy atom. The van der Waals surface area contributed by atoms with E-state index in [4.69, 9.17) is 11.6 Å². The van der Waals surface area contributed by atoms with Gasteiger partial charge in [0.25, 0.3) is 0 Å². The zero-order valence-corrected chi connectivity index (χ0v) is 9.56. The monoisotopic (exact) mass is 288 g/mol. The van der Waals surface area contributed by atoms with Crippen molar-refractivity contribution in [3.05, 3.63) is 30.3 Å². The van der Waals surface area contributed by atoms with Crippen molar-refractivity contribution in [1.82, 2.24) is 0 Å². The van der Waals surface area contributed by atoms with Gasteiger partial charge in [-0.1, -0.05) is 0 Å². The topological polar surface area (TPSA) is 0 Å². The van der Waals surface area contributed by atoms with Crippen molar-refractivity contribution in [1.29, 1.82) is 0 Å². The van der Waals surface area contributed by atoms with Gasteiger partial charge in [0.15, 0.2) is 0 Å². The predicted molar refractivity (Wildman–Crippen MR) is 52.4 cm³/mol. The fourth-order valence-corrected chi connectivity index (χ4v) is 3.11. The van der Waals surface area contributed by atoms with Crippen LogP contribution in [-0.2, 0) is 0 Å². The summed E-state index contributed by atoms with van der Waals surface area (Å²) in [5, 5.41) is 0. The fourth-order valence-electron chi connectivity index (χ4n) is 0.849. The normalized spacial score (nSPS) is 14.0. The Labute approximate surface area is 91.6 Å². The molecule has 5 heteroatoms. The first-order valence-electron chi connectivity index (χ1n) is 3.88. The van der Waals surface area contributed by atoms with Gasteiger partial charge in [0.2, 0.25) is 0 Å². The van der Waals surface area contributed by atoms with Crippen LogP contribution < -0.4 is 4.46 Å². The first-order valence-corrected chi connectivity index (χ1v) is 6.26. The van der Waals surface area contributed by atoms with E-state index < -0.39 is 25.9 Å².